The van der Waals surface area contributed by atoms with Gasteiger partial charge in [-0.15, -0.1) is 11.3 Å². The van der Waals surface area contributed by atoms with Crippen LogP contribution in [0.5, 0.6) is 0 Å². The molecule has 0 spiro atoms. The number of rotatable bonds is 5. The van der Waals surface area contributed by atoms with Gasteiger partial charge in [0.2, 0.25) is 0 Å². The van der Waals surface area contributed by atoms with E-state index >= 15 is 0 Å². The molecule has 7 nitrogen and oxygen atoms in total. The molecule has 0 aliphatic rings. The van der Waals surface area contributed by atoms with Gasteiger partial charge in [0.25, 0.3) is 5.69 Å². The molecular formula is C19H14ClN5O2S. The smallest absolute Gasteiger partial charge is 0.275 e. The van der Waals surface area contributed by atoms with E-state index in [4.69, 9.17) is 11.6 Å². The summed E-state index contributed by atoms with van der Waals surface area (Å²) in [7, 11) is 0. The number of thiazole rings is 1. The molecule has 0 atom stereocenters. The highest BCUT2D eigenvalue weighted by atomic mass is 35.5. The first-order valence-electron chi connectivity index (χ1n) is 8.36. The van der Waals surface area contributed by atoms with E-state index in [9.17, 15) is 10.1 Å². The normalized spacial score (nSPS) is 10.9. The van der Waals surface area contributed by atoms with Gasteiger partial charge in [-0.25, -0.2) is 15.0 Å². The van der Waals surface area contributed by atoms with Crippen molar-refractivity contribution in [2.24, 2.45) is 0 Å². The van der Waals surface area contributed by atoms with Crippen molar-refractivity contribution in [2.45, 2.75) is 13.5 Å². The molecule has 2 aromatic carbocycles. The first-order valence-corrected chi connectivity index (χ1v) is 9.62. The fourth-order valence-electron chi connectivity index (χ4n) is 2.89. The standard InChI is InChI=1S/C19H14ClN5O2S/c1-11-23-16(12-5-6-15-18(7-12)28-10-22-15)8-19(24-11)21-9-13-14(20)3-2-4-17(13)25(26)27/h2-8,10H,9H2,1H3,(H,21,23,24). The monoisotopic (exact) mass is 411 g/mol. The topological polar surface area (TPSA) is 93.8 Å². The summed E-state index contributed by atoms with van der Waals surface area (Å²) < 4.78 is 1.08. The maximum absolute atomic E-state index is 11.3. The average molecular weight is 412 g/mol. The molecule has 4 aromatic rings. The number of aryl methyl sites for hydroxylation is 1. The second kappa shape index (κ2) is 7.49. The quantitative estimate of drug-likeness (QED) is 0.356. The van der Waals surface area contributed by atoms with Gasteiger partial charge in [0.1, 0.15) is 11.6 Å². The molecule has 0 aliphatic heterocycles. The Morgan fingerprint density at radius 2 is 2.07 bits per heavy atom. The van der Waals surface area contributed by atoms with Crippen LogP contribution in [-0.2, 0) is 6.54 Å². The molecule has 0 saturated heterocycles. The number of nitro benzene ring substituents is 1. The van der Waals surface area contributed by atoms with E-state index < -0.39 is 4.92 Å². The largest absolute Gasteiger partial charge is 0.366 e. The lowest BCUT2D eigenvalue weighted by Gasteiger charge is -2.10. The number of hydrogen-bond donors (Lipinski definition) is 1. The van der Waals surface area contributed by atoms with E-state index in [1.54, 1.807) is 30.4 Å². The molecule has 2 aromatic heterocycles. The zero-order chi connectivity index (χ0) is 19.7. The minimum Gasteiger partial charge on any atom is -0.366 e. The summed E-state index contributed by atoms with van der Waals surface area (Å²) in [4.78, 5) is 24.0. The van der Waals surface area contributed by atoms with Crippen molar-refractivity contribution < 1.29 is 4.92 Å². The number of anilines is 1. The number of benzene rings is 2. The maximum atomic E-state index is 11.3. The number of nitrogens with zero attached hydrogens (tertiary/aromatic N) is 4. The van der Waals surface area contributed by atoms with Crippen LogP contribution in [0.2, 0.25) is 5.02 Å². The number of nitrogens with one attached hydrogen (secondary N) is 1. The minimum absolute atomic E-state index is 0.0263. The minimum atomic E-state index is -0.441. The first-order chi connectivity index (χ1) is 13.5. The van der Waals surface area contributed by atoms with Gasteiger partial charge in [0.15, 0.2) is 0 Å². The van der Waals surface area contributed by atoms with Gasteiger partial charge in [-0.05, 0) is 25.1 Å². The van der Waals surface area contributed by atoms with Gasteiger partial charge in [-0.3, -0.25) is 10.1 Å². The van der Waals surface area contributed by atoms with E-state index in [0.717, 1.165) is 21.5 Å². The molecule has 140 valence electrons. The Bertz CT molecular complexity index is 1190. The van der Waals surface area contributed by atoms with E-state index in [-0.39, 0.29) is 12.2 Å². The zero-order valence-corrected chi connectivity index (χ0v) is 16.3. The summed E-state index contributed by atoms with van der Waals surface area (Å²) in [6.45, 7) is 1.98. The summed E-state index contributed by atoms with van der Waals surface area (Å²) in [5, 5.41) is 14.7. The predicted molar refractivity (Wildman–Crippen MR) is 111 cm³/mol. The highest BCUT2D eigenvalue weighted by molar-refractivity contribution is 7.16. The van der Waals surface area contributed by atoms with Crippen molar-refractivity contribution in [3.63, 3.8) is 0 Å². The maximum Gasteiger partial charge on any atom is 0.275 e. The number of aromatic nitrogens is 3. The van der Waals surface area contributed by atoms with Gasteiger partial charge in [0, 0.05) is 24.2 Å². The lowest BCUT2D eigenvalue weighted by Crippen LogP contribution is -2.06. The number of halogens is 1. The van der Waals surface area contributed by atoms with E-state index in [2.05, 4.69) is 20.3 Å². The molecule has 9 heteroatoms. The Hall–Kier alpha value is -3.10. The first kappa shape index (κ1) is 18.3. The van der Waals surface area contributed by atoms with Gasteiger partial charge >= 0.3 is 0 Å². The Balaban J connectivity index is 1.64. The summed E-state index contributed by atoms with van der Waals surface area (Å²) in [6, 6.07) is 12.4. The van der Waals surface area contributed by atoms with Gasteiger partial charge in [-0.1, -0.05) is 23.7 Å². The Kier molecular flexibility index (Phi) is 4.89. The lowest BCUT2D eigenvalue weighted by atomic mass is 10.1. The number of hydrogen-bond acceptors (Lipinski definition) is 7. The molecule has 0 bridgehead atoms. The van der Waals surface area contributed by atoms with Crippen LogP contribution in [0.4, 0.5) is 11.5 Å². The molecule has 4 rings (SSSR count). The summed E-state index contributed by atoms with van der Waals surface area (Å²) >= 11 is 7.73. The highest BCUT2D eigenvalue weighted by Crippen LogP contribution is 2.29. The molecule has 1 N–H and O–H groups in total. The zero-order valence-electron chi connectivity index (χ0n) is 14.7. The molecule has 28 heavy (non-hydrogen) atoms. The van der Waals surface area contributed by atoms with E-state index in [1.165, 1.54) is 6.07 Å². The highest BCUT2D eigenvalue weighted by Gasteiger charge is 2.16. The third kappa shape index (κ3) is 3.64. The Morgan fingerprint density at radius 1 is 1.21 bits per heavy atom. The number of nitro groups is 1. The van der Waals surface area contributed by atoms with Gasteiger partial charge in [0.05, 0.1) is 36.9 Å². The average Bonchev–Trinajstić information content (AvgIpc) is 3.14. The molecule has 2 heterocycles. The van der Waals surface area contributed by atoms with E-state index in [1.807, 2.05) is 29.8 Å². The van der Waals surface area contributed by atoms with Crippen molar-refractivity contribution in [1.29, 1.82) is 0 Å². The van der Waals surface area contributed by atoms with Crippen LogP contribution >= 0.6 is 22.9 Å². The molecule has 0 aliphatic carbocycles. The summed E-state index contributed by atoms with van der Waals surface area (Å²) in [6.07, 6.45) is 0. The SMILES string of the molecule is Cc1nc(NCc2c(Cl)cccc2[N+](=O)[O-])cc(-c2ccc3ncsc3c2)n1. The molecule has 0 unspecified atom stereocenters. The van der Waals surface area contributed by atoms with Crippen LogP contribution < -0.4 is 5.32 Å². The van der Waals surface area contributed by atoms with Crippen molar-refractivity contribution in [1.82, 2.24) is 15.0 Å². The molecule has 0 fully saturated rings. The van der Waals surface area contributed by atoms with E-state index in [0.29, 0.717) is 22.2 Å². The van der Waals surface area contributed by atoms with Crippen LogP contribution in [-0.4, -0.2) is 19.9 Å². The summed E-state index contributed by atoms with van der Waals surface area (Å²) in [5.74, 6) is 1.17. The fourth-order valence-corrected chi connectivity index (χ4v) is 3.85. The van der Waals surface area contributed by atoms with Crippen LogP contribution in [0.1, 0.15) is 11.4 Å². The number of fused-ring (bicyclic) bond motifs is 1. The van der Waals surface area contributed by atoms with Crippen LogP contribution in [0.25, 0.3) is 21.5 Å². The molecular weight excluding hydrogens is 398 g/mol. The van der Waals surface area contributed by atoms with Crippen molar-refractivity contribution in [3.8, 4) is 11.3 Å². The second-order valence-corrected chi connectivity index (χ2v) is 7.36. The summed E-state index contributed by atoms with van der Waals surface area (Å²) in [5.41, 5.74) is 4.86. The third-order valence-corrected chi connectivity index (χ3v) is 5.35. The molecule has 0 saturated carbocycles. The third-order valence-electron chi connectivity index (χ3n) is 4.20. The molecule has 0 amide bonds. The fraction of sp³-hybridized carbons (Fsp3) is 0.105. The van der Waals surface area contributed by atoms with Crippen molar-refractivity contribution >= 4 is 44.7 Å². The van der Waals surface area contributed by atoms with Gasteiger partial charge < -0.3 is 5.32 Å². The lowest BCUT2D eigenvalue weighted by molar-refractivity contribution is -0.385. The van der Waals surface area contributed by atoms with Crippen LogP contribution in [0.3, 0.4) is 0 Å². The predicted octanol–water partition coefficient (Wildman–Crippen LogP) is 5.24. The Morgan fingerprint density at radius 3 is 2.89 bits per heavy atom. The van der Waals surface area contributed by atoms with Crippen molar-refractivity contribution in [2.75, 3.05) is 5.32 Å². The van der Waals surface area contributed by atoms with Crippen LogP contribution in [0, 0.1) is 17.0 Å². The van der Waals surface area contributed by atoms with Gasteiger partial charge in [-0.2, -0.15) is 0 Å². The second-order valence-electron chi connectivity index (χ2n) is 6.07. The van der Waals surface area contributed by atoms with Crippen LogP contribution in [0.15, 0.2) is 48.0 Å². The van der Waals surface area contributed by atoms with Crippen molar-refractivity contribution in [3.05, 3.63) is 74.5 Å². The Labute approximate surface area is 169 Å². The molecule has 0 radical (unpaired) electrons.